The van der Waals surface area contributed by atoms with Crippen LogP contribution in [0.3, 0.4) is 0 Å². The molecule has 4 rings (SSSR count). The lowest BCUT2D eigenvalue weighted by molar-refractivity contribution is -0.137. The van der Waals surface area contributed by atoms with E-state index in [0.29, 0.717) is 50.5 Å². The minimum Gasteiger partial charge on any atom is -0.494 e. The molecule has 1 heterocycles. The van der Waals surface area contributed by atoms with Crippen LogP contribution < -0.4 is 4.74 Å². The zero-order valence-electron chi connectivity index (χ0n) is 21.4. The summed E-state index contributed by atoms with van der Waals surface area (Å²) in [6.45, 7) is 4.17. The molecule has 39 heavy (non-hydrogen) atoms. The molecule has 0 fully saturated rings. The fraction of sp³-hybridized carbons (Fsp3) is 0.321. The van der Waals surface area contributed by atoms with Gasteiger partial charge in [-0.05, 0) is 57.7 Å². The zero-order valence-corrected chi connectivity index (χ0v) is 22.9. The Morgan fingerprint density at radius 1 is 1.03 bits per heavy atom. The van der Waals surface area contributed by atoms with Gasteiger partial charge in [-0.25, -0.2) is 5.10 Å². The van der Waals surface area contributed by atoms with Gasteiger partial charge in [0, 0.05) is 26.1 Å². The van der Waals surface area contributed by atoms with Crippen molar-refractivity contribution >= 4 is 24.0 Å². The van der Waals surface area contributed by atoms with E-state index in [1.54, 1.807) is 6.07 Å². The molecule has 6 nitrogen and oxygen atoms in total. The highest BCUT2D eigenvalue weighted by Crippen LogP contribution is 2.36. The summed E-state index contributed by atoms with van der Waals surface area (Å²) in [5.41, 5.74) is 1.83. The van der Waals surface area contributed by atoms with E-state index in [-0.39, 0.29) is 23.3 Å². The molecule has 3 aromatic carbocycles. The first-order valence-electron chi connectivity index (χ1n) is 12.4. The summed E-state index contributed by atoms with van der Waals surface area (Å²) in [5.74, 6) is 1.59. The minimum absolute atomic E-state index is 0. The molecule has 0 radical (unpaired) electrons. The summed E-state index contributed by atoms with van der Waals surface area (Å²) < 4.78 is 46.2. The maximum absolute atomic E-state index is 13.4. The van der Waals surface area contributed by atoms with Gasteiger partial charge < -0.3 is 4.74 Å². The molecule has 1 atom stereocenters. The van der Waals surface area contributed by atoms with Crippen LogP contribution in [0.2, 0.25) is 5.02 Å². The summed E-state index contributed by atoms with van der Waals surface area (Å²) >= 11 is 6.21. The third-order valence-corrected chi connectivity index (χ3v) is 6.67. The first-order valence-corrected chi connectivity index (χ1v) is 12.7. The van der Waals surface area contributed by atoms with Gasteiger partial charge in [-0.15, -0.1) is 17.5 Å². The number of benzene rings is 3. The highest BCUT2D eigenvalue weighted by Gasteiger charge is 2.34. The van der Waals surface area contributed by atoms with Crippen molar-refractivity contribution in [2.24, 2.45) is 0 Å². The van der Waals surface area contributed by atoms with Crippen LogP contribution in [-0.2, 0) is 19.1 Å². The largest absolute Gasteiger partial charge is 0.494 e. The topological polar surface area (TPSA) is 66.9 Å². The van der Waals surface area contributed by atoms with Gasteiger partial charge in [-0.3, -0.25) is 4.90 Å². The number of hydrogen-bond donors (Lipinski definition) is 1. The molecule has 208 valence electrons. The highest BCUT2D eigenvalue weighted by molar-refractivity contribution is 6.32. The zero-order chi connectivity index (χ0) is 27.0. The number of ether oxygens (including phenoxy) is 1. The number of nitrogens with one attached hydrogen (secondary N) is 1. The minimum atomic E-state index is -4.50. The lowest BCUT2D eigenvalue weighted by atomic mass is 10.00. The van der Waals surface area contributed by atoms with Gasteiger partial charge >= 0.3 is 6.18 Å². The average Bonchev–Trinajstić information content (AvgIpc) is 3.41. The van der Waals surface area contributed by atoms with Gasteiger partial charge in [0.15, 0.2) is 5.82 Å². The highest BCUT2D eigenvalue weighted by atomic mass is 35.5. The number of H-pyrrole nitrogens is 1. The van der Waals surface area contributed by atoms with Crippen LogP contribution in [0.25, 0.3) is 0 Å². The van der Waals surface area contributed by atoms with Gasteiger partial charge in [0.1, 0.15) is 5.75 Å². The SMILES string of the molecule is CC(CN(CCCOc1cccc(Cc2nnn[nH]2)c1)Cc1cccc(C(F)(F)F)c1Cl)c1ccccc1.Cl. The second kappa shape index (κ2) is 14.3. The molecular formula is C28H30Cl2F3N5O. The van der Waals surface area contributed by atoms with Gasteiger partial charge in [0.25, 0.3) is 0 Å². The number of aromatic nitrogens is 4. The molecule has 0 saturated carbocycles. The molecule has 0 aliphatic carbocycles. The van der Waals surface area contributed by atoms with Gasteiger partial charge in [-0.1, -0.05) is 73.1 Å². The van der Waals surface area contributed by atoms with Crippen LogP contribution in [0.1, 0.15) is 47.3 Å². The first-order chi connectivity index (χ1) is 18.3. The van der Waals surface area contributed by atoms with E-state index in [9.17, 15) is 13.2 Å². The van der Waals surface area contributed by atoms with Crippen LogP contribution in [-0.4, -0.2) is 45.2 Å². The van der Waals surface area contributed by atoms with E-state index in [1.807, 2.05) is 42.5 Å². The Labute approximate surface area is 236 Å². The lowest BCUT2D eigenvalue weighted by Crippen LogP contribution is -2.30. The molecule has 0 spiro atoms. The Morgan fingerprint density at radius 3 is 2.51 bits per heavy atom. The average molecular weight is 580 g/mol. The van der Waals surface area contributed by atoms with Gasteiger partial charge in [-0.2, -0.15) is 13.2 Å². The molecule has 0 amide bonds. The number of tetrazole rings is 1. The Morgan fingerprint density at radius 2 is 1.79 bits per heavy atom. The molecule has 1 aromatic heterocycles. The van der Waals surface area contributed by atoms with E-state index in [0.717, 1.165) is 17.4 Å². The van der Waals surface area contributed by atoms with Crippen LogP contribution in [0.5, 0.6) is 5.75 Å². The summed E-state index contributed by atoms with van der Waals surface area (Å²) in [6, 6.07) is 21.9. The van der Waals surface area contributed by atoms with Crippen molar-refractivity contribution in [2.45, 2.75) is 38.4 Å². The number of nitrogens with zero attached hydrogens (tertiary/aromatic N) is 4. The Bertz CT molecular complexity index is 1290. The van der Waals surface area contributed by atoms with E-state index in [4.69, 9.17) is 16.3 Å². The molecular weight excluding hydrogens is 550 g/mol. The molecule has 1 N–H and O–H groups in total. The van der Waals surface area contributed by atoms with E-state index >= 15 is 0 Å². The van der Waals surface area contributed by atoms with Crippen LogP contribution in [0, 0.1) is 0 Å². The van der Waals surface area contributed by atoms with Crippen molar-refractivity contribution in [3.05, 3.63) is 106 Å². The second-order valence-corrected chi connectivity index (χ2v) is 9.58. The number of hydrogen-bond acceptors (Lipinski definition) is 5. The maximum Gasteiger partial charge on any atom is 0.417 e. The van der Waals surface area contributed by atoms with Crippen molar-refractivity contribution in [2.75, 3.05) is 19.7 Å². The number of aromatic amines is 1. The van der Waals surface area contributed by atoms with Crippen molar-refractivity contribution < 1.29 is 17.9 Å². The summed E-state index contributed by atoms with van der Waals surface area (Å²) in [6.07, 6.45) is -3.25. The van der Waals surface area contributed by atoms with Crippen molar-refractivity contribution in [3.63, 3.8) is 0 Å². The van der Waals surface area contributed by atoms with Crippen LogP contribution in [0.15, 0.2) is 72.8 Å². The Kier molecular flexibility index (Phi) is 11.2. The molecule has 11 heteroatoms. The predicted molar refractivity (Wildman–Crippen MR) is 147 cm³/mol. The third-order valence-electron chi connectivity index (χ3n) is 6.23. The normalized spacial score (nSPS) is 12.3. The number of halogens is 5. The second-order valence-electron chi connectivity index (χ2n) is 9.20. The quantitative estimate of drug-likeness (QED) is 0.184. The molecule has 0 aliphatic rings. The van der Waals surface area contributed by atoms with Crippen molar-refractivity contribution in [1.82, 2.24) is 25.5 Å². The van der Waals surface area contributed by atoms with E-state index < -0.39 is 11.7 Å². The standard InChI is InChI=1S/C28H29ClF3N5O.ClH/c1-20(22-9-3-2-4-10-22)18-37(19-23-11-6-13-25(27(23)29)28(30,31)32)14-7-15-38-24-12-5-8-21(16-24)17-26-33-35-36-34-26;/h2-6,8-13,16,20H,7,14-15,17-19H2,1H3,(H,33,34,35,36);1H. The first kappa shape index (κ1) is 30.4. The fourth-order valence-electron chi connectivity index (χ4n) is 4.34. The molecule has 1 unspecified atom stereocenters. The third kappa shape index (κ3) is 8.95. The number of alkyl halides is 3. The van der Waals surface area contributed by atoms with Crippen molar-refractivity contribution in [3.8, 4) is 5.75 Å². The molecule has 4 aromatic rings. The van der Waals surface area contributed by atoms with Gasteiger partial charge in [0.05, 0.1) is 17.2 Å². The maximum atomic E-state index is 13.4. The molecule has 0 aliphatic heterocycles. The van der Waals surface area contributed by atoms with Crippen molar-refractivity contribution in [1.29, 1.82) is 0 Å². The fourth-order valence-corrected chi connectivity index (χ4v) is 4.63. The summed E-state index contributed by atoms with van der Waals surface area (Å²) in [4.78, 5) is 2.13. The number of rotatable bonds is 12. The summed E-state index contributed by atoms with van der Waals surface area (Å²) in [7, 11) is 0. The molecule has 0 saturated heterocycles. The van der Waals surface area contributed by atoms with E-state index in [2.05, 4.69) is 44.6 Å². The Balaban J connectivity index is 0.00000420. The monoisotopic (exact) mass is 579 g/mol. The van der Waals surface area contributed by atoms with E-state index in [1.165, 1.54) is 11.6 Å². The smallest absolute Gasteiger partial charge is 0.417 e. The van der Waals surface area contributed by atoms with Crippen LogP contribution in [0.4, 0.5) is 13.2 Å². The predicted octanol–water partition coefficient (Wildman–Crippen LogP) is 6.96. The molecule has 0 bridgehead atoms. The summed E-state index contributed by atoms with van der Waals surface area (Å²) in [5, 5.41) is 13.6. The Hall–Kier alpha value is -3.14. The van der Waals surface area contributed by atoms with Crippen LogP contribution >= 0.6 is 24.0 Å². The van der Waals surface area contributed by atoms with Gasteiger partial charge in [0.2, 0.25) is 0 Å². The lowest BCUT2D eigenvalue weighted by Gasteiger charge is -2.27.